The number of hydrogen-bond donors (Lipinski definition) is 1. The lowest BCUT2D eigenvalue weighted by Crippen LogP contribution is -2.39. The molecule has 0 unspecified atom stereocenters. The normalized spacial score (nSPS) is 16.8. The van der Waals surface area contributed by atoms with Gasteiger partial charge in [-0.25, -0.2) is 4.98 Å². The van der Waals surface area contributed by atoms with Crippen LogP contribution in [0.4, 0.5) is 0 Å². The topological polar surface area (TPSA) is 45.2 Å². The van der Waals surface area contributed by atoms with Crippen molar-refractivity contribution in [1.82, 2.24) is 15.2 Å². The molecule has 5 heteroatoms. The number of nitrogens with zero attached hydrogens (tertiary/aromatic N) is 2. The number of aromatic nitrogens is 1. The molecule has 4 nitrogen and oxygen atoms in total. The Hall–Kier alpha value is -1.72. The van der Waals surface area contributed by atoms with Crippen LogP contribution in [0, 0.1) is 13.8 Å². The van der Waals surface area contributed by atoms with Crippen LogP contribution < -0.4 is 5.32 Å². The zero-order chi connectivity index (χ0) is 18.4. The van der Waals surface area contributed by atoms with E-state index >= 15 is 0 Å². The van der Waals surface area contributed by atoms with Gasteiger partial charge < -0.3 is 5.32 Å². The molecule has 1 amide bonds. The Morgan fingerprint density at radius 3 is 2.46 bits per heavy atom. The third kappa shape index (κ3) is 5.15. The van der Waals surface area contributed by atoms with Crippen LogP contribution in [0.2, 0.25) is 0 Å². The number of aryl methyl sites for hydroxylation is 2. The summed E-state index contributed by atoms with van der Waals surface area (Å²) in [5.41, 5.74) is 2.27. The maximum atomic E-state index is 12.5. The van der Waals surface area contributed by atoms with E-state index in [0.717, 1.165) is 28.7 Å². The fourth-order valence-corrected chi connectivity index (χ4v) is 4.63. The number of rotatable bonds is 6. The fraction of sp³-hybridized carbons (Fsp3) is 0.524. The Kier molecular flexibility index (Phi) is 6.80. The maximum absolute atomic E-state index is 12.5. The van der Waals surface area contributed by atoms with Crippen molar-refractivity contribution in [2.75, 3.05) is 19.6 Å². The second kappa shape index (κ2) is 9.28. The highest BCUT2D eigenvalue weighted by atomic mass is 32.1. The summed E-state index contributed by atoms with van der Waals surface area (Å²) in [5.74, 6) is 0.0903. The summed E-state index contributed by atoms with van der Waals surface area (Å²) >= 11 is 1.62. The Bertz CT molecular complexity index is 705. The molecule has 1 fully saturated rings. The lowest BCUT2D eigenvalue weighted by atomic mass is 10.0. The average Bonchev–Trinajstić information content (AvgIpc) is 2.82. The minimum absolute atomic E-state index is 0.0903. The summed E-state index contributed by atoms with van der Waals surface area (Å²) in [4.78, 5) is 20.6. The molecule has 1 aliphatic heterocycles. The number of thiazole rings is 1. The predicted octanol–water partition coefficient (Wildman–Crippen LogP) is 4.04. The Balaban J connectivity index is 1.65. The summed E-state index contributed by atoms with van der Waals surface area (Å²) in [6.45, 7) is 6.87. The number of nitrogens with one attached hydrogen (secondary N) is 1. The van der Waals surface area contributed by atoms with Gasteiger partial charge in [-0.05, 0) is 45.3 Å². The quantitative estimate of drug-likeness (QED) is 0.834. The minimum Gasteiger partial charge on any atom is -0.354 e. The SMILES string of the molecule is Cc1nc(C)c(CC(=O)NC[C@H](c2ccccc2)N2CCCCCC2)s1. The molecule has 2 heterocycles. The van der Waals surface area contributed by atoms with Crippen LogP contribution in [-0.4, -0.2) is 35.4 Å². The standard InChI is InChI=1S/C21H29N3OS/c1-16-20(26-17(2)23-16)14-21(25)22-15-19(18-10-6-5-7-11-18)24-12-8-3-4-9-13-24/h5-7,10-11,19H,3-4,8-9,12-15H2,1-2H3,(H,22,25)/t19-/m1/s1. The molecule has 26 heavy (non-hydrogen) atoms. The van der Waals surface area contributed by atoms with Gasteiger partial charge in [0.05, 0.1) is 23.2 Å². The predicted molar refractivity (Wildman–Crippen MR) is 108 cm³/mol. The van der Waals surface area contributed by atoms with E-state index in [2.05, 4.69) is 45.5 Å². The van der Waals surface area contributed by atoms with Crippen molar-refractivity contribution in [3.63, 3.8) is 0 Å². The summed E-state index contributed by atoms with van der Waals surface area (Å²) in [6, 6.07) is 10.8. The molecule has 140 valence electrons. The lowest BCUT2D eigenvalue weighted by molar-refractivity contribution is -0.120. The first-order valence-electron chi connectivity index (χ1n) is 9.62. The zero-order valence-corrected chi connectivity index (χ0v) is 16.6. The maximum Gasteiger partial charge on any atom is 0.225 e. The van der Waals surface area contributed by atoms with Crippen molar-refractivity contribution in [3.8, 4) is 0 Å². The van der Waals surface area contributed by atoms with Gasteiger partial charge in [0.1, 0.15) is 0 Å². The molecular formula is C21H29N3OS. The zero-order valence-electron chi connectivity index (χ0n) is 15.8. The van der Waals surface area contributed by atoms with Crippen molar-refractivity contribution in [1.29, 1.82) is 0 Å². The Labute approximate surface area is 160 Å². The molecule has 0 spiro atoms. The third-order valence-electron chi connectivity index (χ3n) is 5.08. The van der Waals surface area contributed by atoms with Gasteiger partial charge in [-0.1, -0.05) is 43.2 Å². The smallest absolute Gasteiger partial charge is 0.225 e. The van der Waals surface area contributed by atoms with E-state index in [1.165, 1.54) is 31.2 Å². The van der Waals surface area contributed by atoms with E-state index in [1.807, 2.05) is 13.8 Å². The first kappa shape index (κ1) is 19.1. The second-order valence-electron chi connectivity index (χ2n) is 7.10. The summed E-state index contributed by atoms with van der Waals surface area (Å²) in [5, 5.41) is 4.21. The Morgan fingerprint density at radius 2 is 1.85 bits per heavy atom. The summed E-state index contributed by atoms with van der Waals surface area (Å²) in [7, 11) is 0. The molecule has 0 radical (unpaired) electrons. The second-order valence-corrected chi connectivity index (χ2v) is 8.39. The van der Waals surface area contributed by atoms with Gasteiger partial charge in [-0.2, -0.15) is 0 Å². The van der Waals surface area contributed by atoms with Crippen LogP contribution in [-0.2, 0) is 11.2 Å². The van der Waals surface area contributed by atoms with Gasteiger partial charge in [0, 0.05) is 11.4 Å². The van der Waals surface area contributed by atoms with Crippen LogP contribution in [0.1, 0.15) is 52.9 Å². The van der Waals surface area contributed by atoms with Crippen LogP contribution in [0.15, 0.2) is 30.3 Å². The molecule has 3 rings (SSSR count). The molecule has 2 aromatic rings. The number of carbonyl (C=O) groups is 1. The van der Waals surface area contributed by atoms with Gasteiger partial charge in [0.2, 0.25) is 5.91 Å². The molecule has 1 aromatic carbocycles. The van der Waals surface area contributed by atoms with Crippen molar-refractivity contribution in [3.05, 3.63) is 51.5 Å². The van der Waals surface area contributed by atoms with Crippen molar-refractivity contribution >= 4 is 17.2 Å². The van der Waals surface area contributed by atoms with E-state index in [-0.39, 0.29) is 11.9 Å². The number of carbonyl (C=O) groups excluding carboxylic acids is 1. The highest BCUT2D eigenvalue weighted by molar-refractivity contribution is 7.11. The molecule has 1 N–H and O–H groups in total. The molecular weight excluding hydrogens is 342 g/mol. The summed E-state index contributed by atoms with van der Waals surface area (Å²) in [6.07, 6.45) is 5.55. The third-order valence-corrected chi connectivity index (χ3v) is 6.15. The van der Waals surface area contributed by atoms with Crippen LogP contribution in [0.25, 0.3) is 0 Å². The highest BCUT2D eigenvalue weighted by Crippen LogP contribution is 2.24. The fourth-order valence-electron chi connectivity index (χ4n) is 3.70. The number of benzene rings is 1. The summed E-state index contributed by atoms with van der Waals surface area (Å²) < 4.78 is 0. The monoisotopic (exact) mass is 371 g/mol. The van der Waals surface area contributed by atoms with Gasteiger partial charge in [-0.15, -0.1) is 11.3 Å². The van der Waals surface area contributed by atoms with Gasteiger partial charge in [0.15, 0.2) is 0 Å². The van der Waals surface area contributed by atoms with Crippen LogP contribution in [0.3, 0.4) is 0 Å². The van der Waals surface area contributed by atoms with Crippen molar-refractivity contribution in [2.45, 2.75) is 52.0 Å². The van der Waals surface area contributed by atoms with E-state index in [9.17, 15) is 4.79 Å². The molecule has 1 saturated heterocycles. The molecule has 1 atom stereocenters. The molecule has 0 aliphatic carbocycles. The Morgan fingerprint density at radius 1 is 1.15 bits per heavy atom. The first-order chi connectivity index (χ1) is 12.6. The van der Waals surface area contributed by atoms with Gasteiger partial charge in [-0.3, -0.25) is 9.69 Å². The highest BCUT2D eigenvalue weighted by Gasteiger charge is 2.22. The van der Waals surface area contributed by atoms with E-state index in [0.29, 0.717) is 13.0 Å². The molecule has 0 saturated carbocycles. The van der Waals surface area contributed by atoms with E-state index in [1.54, 1.807) is 11.3 Å². The van der Waals surface area contributed by atoms with E-state index in [4.69, 9.17) is 0 Å². The number of hydrogen-bond acceptors (Lipinski definition) is 4. The van der Waals surface area contributed by atoms with Crippen LogP contribution in [0.5, 0.6) is 0 Å². The largest absolute Gasteiger partial charge is 0.354 e. The first-order valence-corrected chi connectivity index (χ1v) is 10.4. The van der Waals surface area contributed by atoms with E-state index < -0.39 is 0 Å². The van der Waals surface area contributed by atoms with Crippen molar-refractivity contribution < 1.29 is 4.79 Å². The molecule has 1 aliphatic rings. The molecule has 0 bridgehead atoms. The molecule has 1 aromatic heterocycles. The minimum atomic E-state index is 0.0903. The number of likely N-dealkylation sites (tertiary alicyclic amines) is 1. The van der Waals surface area contributed by atoms with Crippen LogP contribution >= 0.6 is 11.3 Å². The lowest BCUT2D eigenvalue weighted by Gasteiger charge is -2.31. The average molecular weight is 372 g/mol. The van der Waals surface area contributed by atoms with Gasteiger partial charge in [0.25, 0.3) is 0 Å². The van der Waals surface area contributed by atoms with Crippen molar-refractivity contribution in [2.24, 2.45) is 0 Å². The number of amides is 1. The van der Waals surface area contributed by atoms with Gasteiger partial charge >= 0.3 is 0 Å².